The topological polar surface area (TPSA) is 50.3 Å². The van der Waals surface area contributed by atoms with Crippen LogP contribution in [0.2, 0.25) is 0 Å². The Bertz CT molecular complexity index is 357. The van der Waals surface area contributed by atoms with Crippen LogP contribution in [-0.4, -0.2) is 46.8 Å². The zero-order chi connectivity index (χ0) is 12.3. The third kappa shape index (κ3) is 2.94. The SMILES string of the molecule is CCNc1snnc1CN(C)C1CCOC1C. The van der Waals surface area contributed by atoms with Crippen molar-refractivity contribution in [1.82, 2.24) is 14.5 Å². The van der Waals surface area contributed by atoms with Gasteiger partial charge in [0.05, 0.1) is 6.10 Å². The van der Waals surface area contributed by atoms with Crippen molar-refractivity contribution < 1.29 is 4.74 Å². The zero-order valence-corrected chi connectivity index (χ0v) is 11.5. The van der Waals surface area contributed by atoms with Gasteiger partial charge in [0.1, 0.15) is 10.7 Å². The van der Waals surface area contributed by atoms with Crippen LogP contribution in [0, 0.1) is 0 Å². The summed E-state index contributed by atoms with van der Waals surface area (Å²) in [4.78, 5) is 2.31. The van der Waals surface area contributed by atoms with Gasteiger partial charge in [0.25, 0.3) is 0 Å². The Morgan fingerprint density at radius 3 is 3.06 bits per heavy atom. The summed E-state index contributed by atoms with van der Waals surface area (Å²) in [5.74, 6) is 0. The Labute approximate surface area is 106 Å². The molecule has 5 nitrogen and oxygen atoms in total. The van der Waals surface area contributed by atoms with Crippen LogP contribution in [0.4, 0.5) is 5.00 Å². The molecule has 1 saturated heterocycles. The maximum Gasteiger partial charge on any atom is 0.134 e. The summed E-state index contributed by atoms with van der Waals surface area (Å²) in [5, 5.41) is 8.58. The van der Waals surface area contributed by atoms with Crippen molar-refractivity contribution in [3.63, 3.8) is 0 Å². The second kappa shape index (κ2) is 5.75. The maximum atomic E-state index is 5.59. The Balaban J connectivity index is 1.97. The van der Waals surface area contributed by atoms with Crippen LogP contribution in [-0.2, 0) is 11.3 Å². The molecule has 0 aromatic carbocycles. The predicted octanol–water partition coefficient (Wildman–Crippen LogP) is 1.58. The highest BCUT2D eigenvalue weighted by Crippen LogP contribution is 2.23. The van der Waals surface area contributed by atoms with Crippen molar-refractivity contribution in [2.75, 3.05) is 25.5 Å². The van der Waals surface area contributed by atoms with E-state index in [1.54, 1.807) is 0 Å². The molecule has 1 aromatic heterocycles. The zero-order valence-electron chi connectivity index (χ0n) is 10.6. The van der Waals surface area contributed by atoms with Crippen LogP contribution in [0.3, 0.4) is 0 Å². The van der Waals surface area contributed by atoms with Gasteiger partial charge < -0.3 is 10.1 Å². The molecule has 2 rings (SSSR count). The summed E-state index contributed by atoms with van der Waals surface area (Å²) in [6, 6.07) is 0.492. The van der Waals surface area contributed by atoms with E-state index in [0.29, 0.717) is 12.1 Å². The lowest BCUT2D eigenvalue weighted by molar-refractivity contribution is 0.0811. The van der Waals surface area contributed by atoms with Gasteiger partial charge in [0, 0.05) is 37.3 Å². The minimum Gasteiger partial charge on any atom is -0.377 e. The summed E-state index contributed by atoms with van der Waals surface area (Å²) < 4.78 is 9.60. The molecular formula is C11H20N4OS. The number of nitrogens with zero attached hydrogens (tertiary/aromatic N) is 3. The van der Waals surface area contributed by atoms with Gasteiger partial charge in [-0.3, -0.25) is 4.90 Å². The van der Waals surface area contributed by atoms with E-state index in [2.05, 4.69) is 40.7 Å². The molecule has 0 spiro atoms. The number of hydrogen-bond acceptors (Lipinski definition) is 6. The first-order valence-corrected chi connectivity index (χ1v) is 6.86. The van der Waals surface area contributed by atoms with E-state index < -0.39 is 0 Å². The first-order valence-electron chi connectivity index (χ1n) is 6.09. The van der Waals surface area contributed by atoms with Crippen LogP contribution in [0.5, 0.6) is 0 Å². The Morgan fingerprint density at radius 2 is 2.41 bits per heavy atom. The Hall–Kier alpha value is -0.720. The van der Waals surface area contributed by atoms with Gasteiger partial charge in [-0.25, -0.2) is 0 Å². The van der Waals surface area contributed by atoms with Crippen molar-refractivity contribution in [3.8, 4) is 0 Å². The molecule has 96 valence electrons. The molecule has 0 saturated carbocycles. The second-order valence-corrected chi connectivity index (χ2v) is 5.18. The fourth-order valence-corrected chi connectivity index (χ4v) is 2.90. The third-order valence-corrected chi connectivity index (χ3v) is 3.92. The average molecular weight is 256 g/mol. The van der Waals surface area contributed by atoms with Crippen molar-refractivity contribution in [3.05, 3.63) is 5.69 Å². The van der Waals surface area contributed by atoms with Crippen molar-refractivity contribution in [2.45, 2.75) is 39.0 Å². The van der Waals surface area contributed by atoms with Gasteiger partial charge in [-0.05, 0) is 27.3 Å². The lowest BCUT2D eigenvalue weighted by atomic mass is 10.1. The number of nitrogens with one attached hydrogen (secondary N) is 1. The lowest BCUT2D eigenvalue weighted by Gasteiger charge is -2.25. The van der Waals surface area contributed by atoms with E-state index in [1.165, 1.54) is 11.5 Å². The van der Waals surface area contributed by atoms with Gasteiger partial charge in [0.15, 0.2) is 0 Å². The number of likely N-dealkylation sites (N-methyl/N-ethyl adjacent to an activating group) is 1. The first kappa shape index (κ1) is 12.7. The van der Waals surface area contributed by atoms with E-state index in [4.69, 9.17) is 4.74 Å². The van der Waals surface area contributed by atoms with Crippen LogP contribution in [0.15, 0.2) is 0 Å². The highest BCUT2D eigenvalue weighted by atomic mass is 32.1. The Morgan fingerprint density at radius 1 is 1.59 bits per heavy atom. The highest BCUT2D eigenvalue weighted by Gasteiger charge is 2.28. The predicted molar refractivity (Wildman–Crippen MR) is 69.4 cm³/mol. The lowest BCUT2D eigenvalue weighted by Crippen LogP contribution is -2.36. The van der Waals surface area contributed by atoms with E-state index >= 15 is 0 Å². The second-order valence-electron chi connectivity index (χ2n) is 4.43. The molecule has 2 unspecified atom stereocenters. The number of hydrogen-bond donors (Lipinski definition) is 1. The van der Waals surface area contributed by atoms with Crippen molar-refractivity contribution in [1.29, 1.82) is 0 Å². The van der Waals surface area contributed by atoms with E-state index in [1.807, 2.05) is 0 Å². The van der Waals surface area contributed by atoms with Crippen LogP contribution < -0.4 is 5.32 Å². The standard InChI is InChI=1S/C11H20N4OS/c1-4-12-11-9(13-14-17-11)7-15(3)10-5-6-16-8(10)2/h8,10,12H,4-7H2,1-3H3. The molecule has 0 bridgehead atoms. The summed E-state index contributed by atoms with van der Waals surface area (Å²) in [6.45, 7) is 6.82. The number of rotatable bonds is 5. The minimum atomic E-state index is 0.314. The third-order valence-electron chi connectivity index (χ3n) is 3.19. The molecule has 0 aliphatic carbocycles. The van der Waals surface area contributed by atoms with Crippen LogP contribution in [0.25, 0.3) is 0 Å². The normalized spacial score (nSPS) is 24.5. The fourth-order valence-electron chi connectivity index (χ4n) is 2.26. The smallest absolute Gasteiger partial charge is 0.134 e. The molecule has 1 aromatic rings. The molecule has 0 amide bonds. The fraction of sp³-hybridized carbons (Fsp3) is 0.818. The van der Waals surface area contributed by atoms with Gasteiger partial charge in [0.2, 0.25) is 0 Å². The van der Waals surface area contributed by atoms with Crippen LogP contribution in [0.1, 0.15) is 26.0 Å². The average Bonchev–Trinajstić information content (AvgIpc) is 2.89. The molecule has 1 N–H and O–H groups in total. The summed E-state index contributed by atoms with van der Waals surface area (Å²) >= 11 is 1.43. The first-order chi connectivity index (χ1) is 8.22. The summed E-state index contributed by atoms with van der Waals surface area (Å²) in [7, 11) is 2.13. The molecule has 1 fully saturated rings. The molecule has 6 heteroatoms. The molecule has 2 heterocycles. The van der Waals surface area contributed by atoms with E-state index in [-0.39, 0.29) is 0 Å². The number of anilines is 1. The quantitative estimate of drug-likeness (QED) is 0.867. The van der Waals surface area contributed by atoms with Gasteiger partial charge in [-0.2, -0.15) is 0 Å². The van der Waals surface area contributed by atoms with Crippen molar-refractivity contribution >= 4 is 16.5 Å². The molecule has 1 aliphatic rings. The van der Waals surface area contributed by atoms with Gasteiger partial charge >= 0.3 is 0 Å². The molecule has 0 radical (unpaired) electrons. The van der Waals surface area contributed by atoms with E-state index in [0.717, 1.165) is 36.8 Å². The number of ether oxygens (including phenoxy) is 1. The van der Waals surface area contributed by atoms with Crippen molar-refractivity contribution in [2.24, 2.45) is 0 Å². The maximum absolute atomic E-state index is 5.59. The van der Waals surface area contributed by atoms with Gasteiger partial charge in [-0.1, -0.05) is 4.49 Å². The molecule has 2 atom stereocenters. The highest BCUT2D eigenvalue weighted by molar-refractivity contribution is 7.10. The minimum absolute atomic E-state index is 0.314. The van der Waals surface area contributed by atoms with Gasteiger partial charge in [-0.15, -0.1) is 5.10 Å². The Kier molecular flexibility index (Phi) is 4.31. The summed E-state index contributed by atoms with van der Waals surface area (Å²) in [6.07, 6.45) is 1.42. The summed E-state index contributed by atoms with van der Waals surface area (Å²) in [5.41, 5.74) is 1.04. The number of aromatic nitrogens is 2. The molecule has 17 heavy (non-hydrogen) atoms. The monoisotopic (exact) mass is 256 g/mol. The van der Waals surface area contributed by atoms with E-state index in [9.17, 15) is 0 Å². The largest absolute Gasteiger partial charge is 0.377 e. The molecule has 1 aliphatic heterocycles. The molecular weight excluding hydrogens is 236 g/mol. The van der Waals surface area contributed by atoms with Crippen LogP contribution >= 0.6 is 11.5 Å².